The van der Waals surface area contributed by atoms with Crippen molar-refractivity contribution in [1.29, 1.82) is 0 Å². The van der Waals surface area contributed by atoms with Crippen molar-refractivity contribution in [1.82, 2.24) is 4.98 Å². The van der Waals surface area contributed by atoms with Gasteiger partial charge in [-0.1, -0.05) is 48.0 Å². The van der Waals surface area contributed by atoms with Crippen molar-refractivity contribution in [2.75, 3.05) is 4.72 Å². The maximum Gasteiger partial charge on any atom is 0.261 e. The summed E-state index contributed by atoms with van der Waals surface area (Å²) >= 11 is 0. The Labute approximate surface area is 147 Å². The van der Waals surface area contributed by atoms with Crippen LogP contribution in [0.3, 0.4) is 0 Å². The summed E-state index contributed by atoms with van der Waals surface area (Å²) in [7, 11) is -3.64. The molecule has 5 heteroatoms. The van der Waals surface area contributed by atoms with Crippen LogP contribution in [-0.4, -0.2) is 13.4 Å². The molecule has 0 fully saturated rings. The SMILES string of the molecule is Cc1ccc(S(=O)(=O)Nc2ccccc2/C=C/c2ccccn2)cc1. The smallest absolute Gasteiger partial charge is 0.261 e. The molecular formula is C20H18N2O2S. The molecule has 0 radical (unpaired) electrons. The van der Waals surface area contributed by atoms with E-state index < -0.39 is 10.0 Å². The number of benzene rings is 2. The van der Waals surface area contributed by atoms with Gasteiger partial charge in [0, 0.05) is 6.20 Å². The van der Waals surface area contributed by atoms with Crippen LogP contribution in [0.1, 0.15) is 16.8 Å². The van der Waals surface area contributed by atoms with E-state index in [1.165, 1.54) is 0 Å². The van der Waals surface area contributed by atoms with E-state index in [0.717, 1.165) is 16.8 Å². The maximum atomic E-state index is 12.6. The zero-order valence-corrected chi connectivity index (χ0v) is 14.6. The van der Waals surface area contributed by atoms with Crippen LogP contribution < -0.4 is 4.72 Å². The van der Waals surface area contributed by atoms with Crippen LogP contribution in [-0.2, 0) is 10.0 Å². The lowest BCUT2D eigenvalue weighted by Gasteiger charge is -2.11. The highest BCUT2D eigenvalue weighted by Crippen LogP contribution is 2.22. The Hall–Kier alpha value is -2.92. The first kappa shape index (κ1) is 16.9. The molecule has 0 saturated carbocycles. The highest BCUT2D eigenvalue weighted by molar-refractivity contribution is 7.92. The number of para-hydroxylation sites is 1. The molecule has 4 nitrogen and oxygen atoms in total. The van der Waals surface area contributed by atoms with E-state index in [4.69, 9.17) is 0 Å². The van der Waals surface area contributed by atoms with Crippen molar-refractivity contribution >= 4 is 27.9 Å². The van der Waals surface area contributed by atoms with Gasteiger partial charge < -0.3 is 0 Å². The highest BCUT2D eigenvalue weighted by Gasteiger charge is 2.14. The van der Waals surface area contributed by atoms with Gasteiger partial charge in [0.2, 0.25) is 0 Å². The van der Waals surface area contributed by atoms with E-state index in [2.05, 4.69) is 9.71 Å². The van der Waals surface area contributed by atoms with Crippen LogP contribution in [0.2, 0.25) is 0 Å². The lowest BCUT2D eigenvalue weighted by Crippen LogP contribution is -2.13. The Bertz CT molecular complexity index is 980. The van der Waals surface area contributed by atoms with Crippen LogP contribution in [0.15, 0.2) is 77.8 Å². The third-order valence-corrected chi connectivity index (χ3v) is 5.04. The first-order valence-electron chi connectivity index (χ1n) is 7.82. The molecule has 1 heterocycles. The Morgan fingerprint density at radius 2 is 1.60 bits per heavy atom. The van der Waals surface area contributed by atoms with Crippen LogP contribution >= 0.6 is 0 Å². The van der Waals surface area contributed by atoms with Gasteiger partial charge in [-0.15, -0.1) is 0 Å². The minimum atomic E-state index is -3.64. The zero-order valence-electron chi connectivity index (χ0n) is 13.8. The van der Waals surface area contributed by atoms with Crippen molar-refractivity contribution < 1.29 is 8.42 Å². The molecule has 0 bridgehead atoms. The molecule has 0 spiro atoms. The molecule has 0 amide bonds. The molecule has 0 aliphatic heterocycles. The zero-order chi connectivity index (χ0) is 17.7. The average molecular weight is 350 g/mol. The van der Waals surface area contributed by atoms with Gasteiger partial charge in [-0.25, -0.2) is 8.42 Å². The highest BCUT2D eigenvalue weighted by atomic mass is 32.2. The van der Waals surface area contributed by atoms with E-state index >= 15 is 0 Å². The van der Waals surface area contributed by atoms with Gasteiger partial charge >= 0.3 is 0 Å². The Morgan fingerprint density at radius 1 is 0.880 bits per heavy atom. The minimum absolute atomic E-state index is 0.238. The summed E-state index contributed by atoms with van der Waals surface area (Å²) in [6.07, 6.45) is 5.40. The summed E-state index contributed by atoms with van der Waals surface area (Å²) in [5.41, 5.74) is 3.11. The molecule has 2 aromatic carbocycles. The number of pyridine rings is 1. The molecule has 25 heavy (non-hydrogen) atoms. The van der Waals surface area contributed by atoms with Crippen molar-refractivity contribution in [3.63, 3.8) is 0 Å². The molecule has 0 unspecified atom stereocenters. The fourth-order valence-electron chi connectivity index (χ4n) is 2.31. The third-order valence-electron chi connectivity index (χ3n) is 3.66. The van der Waals surface area contributed by atoms with E-state index in [-0.39, 0.29) is 4.90 Å². The molecular weight excluding hydrogens is 332 g/mol. The number of hydrogen-bond donors (Lipinski definition) is 1. The van der Waals surface area contributed by atoms with Gasteiger partial charge in [0.05, 0.1) is 16.3 Å². The Balaban J connectivity index is 1.88. The fourth-order valence-corrected chi connectivity index (χ4v) is 3.39. The molecule has 1 aromatic heterocycles. The summed E-state index contributed by atoms with van der Waals surface area (Å²) in [5.74, 6) is 0. The van der Waals surface area contributed by atoms with E-state index in [9.17, 15) is 8.42 Å². The van der Waals surface area contributed by atoms with Crippen LogP contribution in [0.25, 0.3) is 12.2 Å². The first-order chi connectivity index (χ1) is 12.0. The number of hydrogen-bond acceptors (Lipinski definition) is 3. The van der Waals surface area contributed by atoms with Crippen molar-refractivity contribution in [3.05, 3.63) is 89.7 Å². The van der Waals surface area contributed by atoms with Crippen LogP contribution in [0.5, 0.6) is 0 Å². The molecule has 126 valence electrons. The third kappa shape index (κ3) is 4.33. The van der Waals surface area contributed by atoms with Gasteiger partial charge in [-0.3, -0.25) is 9.71 Å². The normalized spacial score (nSPS) is 11.6. The first-order valence-corrected chi connectivity index (χ1v) is 9.30. The average Bonchev–Trinajstić information content (AvgIpc) is 2.62. The van der Waals surface area contributed by atoms with E-state index in [1.54, 1.807) is 42.6 Å². The topological polar surface area (TPSA) is 59.1 Å². The van der Waals surface area contributed by atoms with E-state index in [1.807, 2.05) is 49.4 Å². The number of rotatable bonds is 5. The van der Waals surface area contributed by atoms with Crippen molar-refractivity contribution in [3.8, 4) is 0 Å². The summed E-state index contributed by atoms with van der Waals surface area (Å²) in [6.45, 7) is 1.92. The summed E-state index contributed by atoms with van der Waals surface area (Å²) in [4.78, 5) is 4.47. The second-order valence-corrected chi connectivity index (χ2v) is 7.28. The summed E-state index contributed by atoms with van der Waals surface area (Å²) in [5, 5.41) is 0. The predicted molar refractivity (Wildman–Crippen MR) is 102 cm³/mol. The largest absolute Gasteiger partial charge is 0.279 e. The molecule has 0 saturated heterocycles. The number of sulfonamides is 1. The molecule has 0 aliphatic rings. The lowest BCUT2D eigenvalue weighted by molar-refractivity contribution is 0.601. The minimum Gasteiger partial charge on any atom is -0.279 e. The molecule has 3 rings (SSSR count). The molecule has 0 aliphatic carbocycles. The van der Waals surface area contributed by atoms with Gasteiger partial charge in [0.15, 0.2) is 0 Å². The number of aromatic nitrogens is 1. The number of nitrogens with one attached hydrogen (secondary N) is 1. The van der Waals surface area contributed by atoms with Gasteiger partial charge in [-0.05, 0) is 48.9 Å². The van der Waals surface area contributed by atoms with Gasteiger partial charge in [-0.2, -0.15) is 0 Å². The molecule has 0 atom stereocenters. The lowest BCUT2D eigenvalue weighted by atomic mass is 10.1. The monoisotopic (exact) mass is 350 g/mol. The van der Waals surface area contributed by atoms with Crippen molar-refractivity contribution in [2.24, 2.45) is 0 Å². The number of aryl methyl sites for hydroxylation is 1. The number of anilines is 1. The van der Waals surface area contributed by atoms with Gasteiger partial charge in [0.25, 0.3) is 10.0 Å². The number of nitrogens with zero attached hydrogens (tertiary/aromatic N) is 1. The Morgan fingerprint density at radius 3 is 2.32 bits per heavy atom. The maximum absolute atomic E-state index is 12.6. The van der Waals surface area contributed by atoms with Crippen molar-refractivity contribution in [2.45, 2.75) is 11.8 Å². The van der Waals surface area contributed by atoms with Crippen LogP contribution in [0, 0.1) is 6.92 Å². The molecule has 1 N–H and O–H groups in total. The Kier molecular flexibility index (Phi) is 4.95. The second-order valence-electron chi connectivity index (χ2n) is 5.59. The standard InChI is InChI=1S/C20H18N2O2S/c1-16-9-13-19(14-10-16)25(23,24)22-20-8-3-2-6-17(20)11-12-18-7-4-5-15-21-18/h2-15,22H,1H3/b12-11+. The van der Waals surface area contributed by atoms with E-state index in [0.29, 0.717) is 5.69 Å². The predicted octanol–water partition coefficient (Wildman–Crippen LogP) is 4.36. The summed E-state index contributed by atoms with van der Waals surface area (Å²) < 4.78 is 27.8. The quantitative estimate of drug-likeness (QED) is 0.744. The van der Waals surface area contributed by atoms with Crippen LogP contribution in [0.4, 0.5) is 5.69 Å². The second kappa shape index (κ2) is 7.32. The van der Waals surface area contributed by atoms with Gasteiger partial charge in [0.1, 0.15) is 0 Å². The summed E-state index contributed by atoms with van der Waals surface area (Å²) in [6, 6.07) is 19.6. The fraction of sp³-hybridized carbons (Fsp3) is 0.0500. The molecule has 3 aromatic rings.